The zero-order chi connectivity index (χ0) is 10.2. The highest BCUT2D eigenvalue weighted by atomic mass is 16.5. The molecule has 0 aliphatic carbocycles. The number of hydrogen-bond donors (Lipinski definition) is 1. The summed E-state index contributed by atoms with van der Waals surface area (Å²) in [5.41, 5.74) is 0.767. The molecule has 0 unspecified atom stereocenters. The first-order chi connectivity index (χ1) is 6.86. The van der Waals surface area contributed by atoms with Crippen LogP contribution in [0.5, 0.6) is 5.75 Å². The number of benzene rings is 1. The van der Waals surface area contributed by atoms with Crippen LogP contribution in [-0.2, 0) is 0 Å². The van der Waals surface area contributed by atoms with Crippen molar-refractivity contribution in [3.05, 3.63) is 29.8 Å². The Morgan fingerprint density at radius 2 is 2.00 bits per heavy atom. The fourth-order valence-electron chi connectivity index (χ4n) is 0.898. The van der Waals surface area contributed by atoms with E-state index in [4.69, 9.17) is 15.1 Å². The third-order valence-corrected chi connectivity index (χ3v) is 1.48. The minimum atomic E-state index is -0.00398. The van der Waals surface area contributed by atoms with Crippen molar-refractivity contribution in [2.75, 3.05) is 13.2 Å². The maximum atomic E-state index is 8.51. The van der Waals surface area contributed by atoms with Gasteiger partial charge in [-0.2, -0.15) is 5.26 Å². The van der Waals surface area contributed by atoms with Crippen LogP contribution in [0.15, 0.2) is 24.3 Å². The highest BCUT2D eigenvalue weighted by molar-refractivity contribution is 5.40. The zero-order valence-electron chi connectivity index (χ0n) is 7.53. The van der Waals surface area contributed by atoms with Gasteiger partial charge in [-0.05, 0) is 24.3 Å². The molecule has 0 aliphatic rings. The molecule has 0 heterocycles. The third-order valence-electron chi connectivity index (χ3n) is 1.48. The van der Waals surface area contributed by atoms with E-state index in [2.05, 4.69) is 11.8 Å². The summed E-state index contributed by atoms with van der Waals surface area (Å²) in [5.74, 6) is 5.65. The van der Waals surface area contributed by atoms with Gasteiger partial charge >= 0.3 is 0 Å². The fraction of sp³-hybridized carbons (Fsp3) is 0.182. The molecule has 1 N–H and O–H groups in total. The van der Waals surface area contributed by atoms with Gasteiger partial charge < -0.3 is 9.84 Å². The summed E-state index contributed by atoms with van der Waals surface area (Å²) in [5, 5.41) is 16.7. The first kappa shape index (κ1) is 10.1. The van der Waals surface area contributed by atoms with Crippen molar-refractivity contribution < 1.29 is 9.84 Å². The quantitative estimate of drug-likeness (QED) is 0.716. The van der Waals surface area contributed by atoms with Crippen molar-refractivity contribution in [2.45, 2.75) is 0 Å². The van der Waals surface area contributed by atoms with Crippen molar-refractivity contribution in [2.24, 2.45) is 0 Å². The summed E-state index contributed by atoms with van der Waals surface area (Å²) in [6.07, 6.45) is 0. The molecular weight excluding hydrogens is 178 g/mol. The Morgan fingerprint density at radius 1 is 1.29 bits per heavy atom. The van der Waals surface area contributed by atoms with E-state index in [9.17, 15) is 0 Å². The lowest BCUT2D eigenvalue weighted by Gasteiger charge is -2.02. The first-order valence-corrected chi connectivity index (χ1v) is 4.10. The van der Waals surface area contributed by atoms with Crippen LogP contribution in [0.4, 0.5) is 0 Å². The minimum Gasteiger partial charge on any atom is -0.491 e. The zero-order valence-corrected chi connectivity index (χ0v) is 7.53. The first-order valence-electron chi connectivity index (χ1n) is 4.10. The number of aliphatic hydroxyl groups is 1. The Morgan fingerprint density at radius 3 is 2.57 bits per heavy atom. The molecule has 0 fully saturated rings. The molecule has 1 aromatic rings. The van der Waals surface area contributed by atoms with Crippen LogP contribution < -0.4 is 4.74 Å². The SMILES string of the molecule is N#CC#Cc1ccc(OCCO)cc1. The third kappa shape index (κ3) is 3.18. The molecule has 3 nitrogen and oxygen atoms in total. The average molecular weight is 187 g/mol. The van der Waals surface area contributed by atoms with Crippen LogP contribution in [0.25, 0.3) is 0 Å². The van der Waals surface area contributed by atoms with E-state index in [-0.39, 0.29) is 13.2 Å². The molecule has 0 saturated heterocycles. The van der Waals surface area contributed by atoms with E-state index < -0.39 is 0 Å². The largest absolute Gasteiger partial charge is 0.491 e. The number of ether oxygens (including phenoxy) is 1. The Bertz CT molecular complexity index is 378. The Balaban J connectivity index is 2.65. The normalized spacial score (nSPS) is 8.29. The predicted octanol–water partition coefficient (Wildman–Crippen LogP) is 0.933. The molecule has 0 aliphatic heterocycles. The van der Waals surface area contributed by atoms with E-state index in [1.54, 1.807) is 30.3 Å². The number of nitrogens with zero attached hydrogens (tertiary/aromatic N) is 1. The summed E-state index contributed by atoms with van der Waals surface area (Å²) in [6, 6.07) is 8.76. The summed E-state index contributed by atoms with van der Waals surface area (Å²) in [7, 11) is 0. The van der Waals surface area contributed by atoms with Crippen molar-refractivity contribution in [1.82, 2.24) is 0 Å². The van der Waals surface area contributed by atoms with E-state index in [0.717, 1.165) is 5.56 Å². The average Bonchev–Trinajstić information content (AvgIpc) is 2.25. The van der Waals surface area contributed by atoms with E-state index in [0.29, 0.717) is 5.75 Å². The van der Waals surface area contributed by atoms with Crippen LogP contribution in [-0.4, -0.2) is 18.3 Å². The summed E-state index contributed by atoms with van der Waals surface area (Å²) in [4.78, 5) is 0. The summed E-state index contributed by atoms with van der Waals surface area (Å²) < 4.78 is 5.15. The van der Waals surface area contributed by atoms with Gasteiger partial charge in [0.1, 0.15) is 12.4 Å². The molecular formula is C11H9NO2. The Hall–Kier alpha value is -1.97. The molecule has 0 saturated carbocycles. The van der Waals surface area contributed by atoms with Crippen LogP contribution in [0.2, 0.25) is 0 Å². The highest BCUT2D eigenvalue weighted by Crippen LogP contribution is 2.10. The van der Waals surface area contributed by atoms with Gasteiger partial charge in [0, 0.05) is 11.5 Å². The predicted molar refractivity (Wildman–Crippen MR) is 51.5 cm³/mol. The second-order valence-corrected chi connectivity index (χ2v) is 2.46. The lowest BCUT2D eigenvalue weighted by atomic mass is 10.2. The second kappa shape index (κ2) is 5.64. The van der Waals surface area contributed by atoms with Gasteiger partial charge in [0.25, 0.3) is 0 Å². The maximum absolute atomic E-state index is 8.51. The molecule has 0 amide bonds. The molecule has 0 atom stereocenters. The maximum Gasteiger partial charge on any atom is 0.152 e. The van der Waals surface area contributed by atoms with Crippen LogP contribution in [0.3, 0.4) is 0 Å². The highest BCUT2D eigenvalue weighted by Gasteiger charge is 1.92. The van der Waals surface area contributed by atoms with Gasteiger partial charge in [0.05, 0.1) is 6.61 Å². The molecule has 14 heavy (non-hydrogen) atoms. The lowest BCUT2D eigenvalue weighted by molar-refractivity contribution is 0.201. The minimum absolute atomic E-state index is 0.00398. The number of rotatable bonds is 3. The fourth-order valence-corrected chi connectivity index (χ4v) is 0.898. The molecule has 0 aromatic heterocycles. The van der Waals surface area contributed by atoms with Gasteiger partial charge in [-0.1, -0.05) is 5.92 Å². The van der Waals surface area contributed by atoms with Crippen LogP contribution in [0, 0.1) is 23.2 Å². The molecule has 0 spiro atoms. The van der Waals surface area contributed by atoms with Crippen LogP contribution >= 0.6 is 0 Å². The molecule has 1 rings (SSSR count). The molecule has 1 aromatic carbocycles. The summed E-state index contributed by atoms with van der Waals surface area (Å²) in [6.45, 7) is 0.277. The van der Waals surface area contributed by atoms with Crippen molar-refractivity contribution in [1.29, 1.82) is 5.26 Å². The van der Waals surface area contributed by atoms with E-state index in [1.165, 1.54) is 0 Å². The van der Waals surface area contributed by atoms with Gasteiger partial charge in [-0.15, -0.1) is 0 Å². The molecule has 3 heteroatoms. The lowest BCUT2D eigenvalue weighted by Crippen LogP contribution is -2.01. The van der Waals surface area contributed by atoms with E-state index in [1.807, 2.05) is 0 Å². The smallest absolute Gasteiger partial charge is 0.152 e. The van der Waals surface area contributed by atoms with Gasteiger partial charge in [-0.25, -0.2) is 0 Å². The Labute approximate surface area is 82.6 Å². The van der Waals surface area contributed by atoms with Crippen molar-refractivity contribution in [3.63, 3.8) is 0 Å². The molecule has 0 radical (unpaired) electrons. The standard InChI is InChI=1S/C11H9NO2/c12-7-1-2-10-3-5-11(6-4-10)14-9-8-13/h3-6,13H,8-9H2. The van der Waals surface area contributed by atoms with Crippen molar-refractivity contribution in [3.8, 4) is 23.7 Å². The topological polar surface area (TPSA) is 53.2 Å². The van der Waals surface area contributed by atoms with Gasteiger partial charge in [0.2, 0.25) is 0 Å². The summed E-state index contributed by atoms with van der Waals surface area (Å²) >= 11 is 0. The second-order valence-electron chi connectivity index (χ2n) is 2.46. The Kier molecular flexibility index (Phi) is 4.07. The molecule has 0 bridgehead atoms. The van der Waals surface area contributed by atoms with Crippen molar-refractivity contribution >= 4 is 0 Å². The van der Waals surface area contributed by atoms with E-state index >= 15 is 0 Å². The monoisotopic (exact) mass is 187 g/mol. The van der Waals surface area contributed by atoms with Crippen LogP contribution in [0.1, 0.15) is 5.56 Å². The number of nitriles is 1. The van der Waals surface area contributed by atoms with Gasteiger partial charge in [0.15, 0.2) is 6.07 Å². The molecule has 70 valence electrons. The number of hydrogen-bond acceptors (Lipinski definition) is 3. The number of aliphatic hydroxyl groups excluding tert-OH is 1. The van der Waals surface area contributed by atoms with Gasteiger partial charge in [-0.3, -0.25) is 0 Å².